The summed E-state index contributed by atoms with van der Waals surface area (Å²) in [5.74, 6) is -0.577. The molecule has 0 aliphatic rings. The van der Waals surface area contributed by atoms with Crippen LogP contribution in [0, 0.1) is 6.92 Å². The summed E-state index contributed by atoms with van der Waals surface area (Å²) >= 11 is 0.953. The second-order valence-corrected chi connectivity index (χ2v) is 3.42. The molecule has 1 aromatic rings. The van der Waals surface area contributed by atoms with E-state index in [-0.39, 0.29) is 11.8 Å². The van der Waals surface area contributed by atoms with Gasteiger partial charge in [-0.1, -0.05) is 0 Å². The van der Waals surface area contributed by atoms with Gasteiger partial charge in [0.05, 0.1) is 0 Å². The highest BCUT2D eigenvalue weighted by atomic mass is 32.2. The van der Waals surface area contributed by atoms with Crippen LogP contribution in [0.2, 0.25) is 0 Å². The van der Waals surface area contributed by atoms with Gasteiger partial charge in [-0.2, -0.15) is 0 Å². The Kier molecular flexibility index (Phi) is 3.26. The fraction of sp³-hybridized carbons (Fsp3) is 0.500. The van der Waals surface area contributed by atoms with Crippen LogP contribution >= 0.6 is 11.8 Å². The Balaban J connectivity index is 2.61. The van der Waals surface area contributed by atoms with E-state index in [2.05, 4.69) is 10.2 Å². The number of carboxylic acids is 1. The van der Waals surface area contributed by atoms with E-state index in [0.717, 1.165) is 11.8 Å². The highest BCUT2D eigenvalue weighted by molar-refractivity contribution is 8.00. The molecule has 0 radical (unpaired) electrons. The zero-order valence-corrected chi connectivity index (χ0v) is 7.74. The molecule has 0 amide bonds. The number of rotatable bonds is 4. The van der Waals surface area contributed by atoms with Gasteiger partial charge in [0, 0.05) is 13.5 Å². The Morgan fingerprint density at radius 1 is 1.77 bits per heavy atom. The number of aliphatic carboxylic acids is 1. The van der Waals surface area contributed by atoms with Gasteiger partial charge in [0.25, 0.3) is 5.22 Å². The van der Waals surface area contributed by atoms with Crippen LogP contribution in [-0.4, -0.2) is 33.1 Å². The molecule has 1 unspecified atom stereocenters. The molecule has 1 atom stereocenters. The Morgan fingerprint density at radius 3 is 2.85 bits per heavy atom. The second kappa shape index (κ2) is 4.24. The SMILES string of the molecule is Cc1nnc(SC(CN)C(=O)O)o1. The molecule has 0 saturated heterocycles. The molecule has 0 aromatic carbocycles. The van der Waals surface area contributed by atoms with Crippen molar-refractivity contribution in [1.82, 2.24) is 10.2 Å². The van der Waals surface area contributed by atoms with Crippen molar-refractivity contribution in [1.29, 1.82) is 0 Å². The topological polar surface area (TPSA) is 102 Å². The Labute approximate surface area is 78.5 Å². The van der Waals surface area contributed by atoms with Gasteiger partial charge in [-0.25, -0.2) is 0 Å². The minimum absolute atomic E-state index is 0.0292. The molecule has 0 bridgehead atoms. The lowest BCUT2D eigenvalue weighted by Crippen LogP contribution is -2.25. The van der Waals surface area contributed by atoms with Gasteiger partial charge in [0.15, 0.2) is 0 Å². The third-order valence-corrected chi connectivity index (χ3v) is 2.29. The van der Waals surface area contributed by atoms with Crippen molar-refractivity contribution < 1.29 is 14.3 Å². The molecule has 1 heterocycles. The molecule has 0 spiro atoms. The Morgan fingerprint density at radius 2 is 2.46 bits per heavy atom. The number of aryl methyl sites for hydroxylation is 1. The van der Waals surface area contributed by atoms with Gasteiger partial charge in [-0.15, -0.1) is 10.2 Å². The van der Waals surface area contributed by atoms with E-state index in [0.29, 0.717) is 5.89 Å². The van der Waals surface area contributed by atoms with E-state index >= 15 is 0 Å². The molecule has 0 aliphatic heterocycles. The Bertz CT molecular complexity index is 301. The summed E-state index contributed by atoms with van der Waals surface area (Å²) in [7, 11) is 0. The molecular formula is C6H9N3O3S. The summed E-state index contributed by atoms with van der Waals surface area (Å²) < 4.78 is 4.99. The van der Waals surface area contributed by atoms with Crippen molar-refractivity contribution in [2.24, 2.45) is 5.73 Å². The van der Waals surface area contributed by atoms with E-state index in [9.17, 15) is 4.79 Å². The summed E-state index contributed by atoms with van der Waals surface area (Å²) in [5.41, 5.74) is 5.24. The maximum absolute atomic E-state index is 10.6. The first kappa shape index (κ1) is 10.0. The lowest BCUT2D eigenvalue weighted by atomic mass is 10.4. The van der Waals surface area contributed by atoms with Gasteiger partial charge in [0.1, 0.15) is 5.25 Å². The third kappa shape index (κ3) is 2.71. The quantitative estimate of drug-likeness (QED) is 0.657. The van der Waals surface area contributed by atoms with Gasteiger partial charge in [-0.05, 0) is 11.8 Å². The molecule has 0 saturated carbocycles. The molecule has 1 rings (SSSR count). The fourth-order valence-corrected chi connectivity index (χ4v) is 1.34. The van der Waals surface area contributed by atoms with Crippen molar-refractivity contribution in [2.45, 2.75) is 17.4 Å². The lowest BCUT2D eigenvalue weighted by molar-refractivity contribution is -0.136. The zero-order chi connectivity index (χ0) is 9.84. The van der Waals surface area contributed by atoms with E-state index in [1.54, 1.807) is 6.92 Å². The molecule has 13 heavy (non-hydrogen) atoms. The fourth-order valence-electron chi connectivity index (χ4n) is 0.647. The minimum Gasteiger partial charge on any atom is -0.480 e. The van der Waals surface area contributed by atoms with E-state index in [1.165, 1.54) is 0 Å². The largest absolute Gasteiger partial charge is 0.480 e. The monoisotopic (exact) mass is 203 g/mol. The smallest absolute Gasteiger partial charge is 0.318 e. The standard InChI is InChI=1S/C6H9N3O3S/c1-3-8-9-6(12-3)13-4(2-7)5(10)11/h4H,2,7H2,1H3,(H,10,11). The summed E-state index contributed by atoms with van der Waals surface area (Å²) in [6, 6.07) is 0. The first-order valence-corrected chi connectivity index (χ1v) is 4.41. The summed E-state index contributed by atoms with van der Waals surface area (Å²) in [6.07, 6.45) is 0. The van der Waals surface area contributed by atoms with Crippen molar-refractivity contribution in [3.63, 3.8) is 0 Å². The summed E-state index contributed by atoms with van der Waals surface area (Å²) in [6.45, 7) is 1.66. The van der Waals surface area contributed by atoms with E-state index < -0.39 is 11.2 Å². The molecule has 6 nitrogen and oxygen atoms in total. The van der Waals surface area contributed by atoms with Gasteiger partial charge in [0.2, 0.25) is 5.89 Å². The van der Waals surface area contributed by atoms with Crippen LogP contribution in [-0.2, 0) is 4.79 Å². The lowest BCUT2D eigenvalue weighted by Gasteiger charge is -2.03. The van der Waals surface area contributed by atoms with Crippen LogP contribution in [0.1, 0.15) is 5.89 Å². The highest BCUT2D eigenvalue weighted by Crippen LogP contribution is 2.20. The van der Waals surface area contributed by atoms with E-state index in [4.69, 9.17) is 15.3 Å². The molecular weight excluding hydrogens is 194 g/mol. The molecule has 3 N–H and O–H groups in total. The highest BCUT2D eigenvalue weighted by Gasteiger charge is 2.19. The van der Waals surface area contributed by atoms with Crippen molar-refractivity contribution in [3.8, 4) is 0 Å². The minimum atomic E-state index is -0.983. The maximum Gasteiger partial charge on any atom is 0.318 e. The number of thioether (sulfide) groups is 1. The molecule has 7 heteroatoms. The summed E-state index contributed by atoms with van der Waals surface area (Å²) in [5, 5.41) is 15.4. The van der Waals surface area contributed by atoms with Gasteiger partial charge < -0.3 is 15.3 Å². The maximum atomic E-state index is 10.6. The van der Waals surface area contributed by atoms with E-state index in [1.807, 2.05) is 0 Å². The summed E-state index contributed by atoms with van der Waals surface area (Å²) in [4.78, 5) is 10.6. The number of nitrogens with zero attached hydrogens (tertiary/aromatic N) is 2. The number of carbonyl (C=O) groups is 1. The third-order valence-electron chi connectivity index (χ3n) is 1.24. The predicted molar refractivity (Wildman–Crippen MR) is 45.4 cm³/mol. The predicted octanol–water partition coefficient (Wildman–Crippen LogP) is -0.118. The molecule has 72 valence electrons. The average Bonchev–Trinajstić information content (AvgIpc) is 2.46. The first-order valence-electron chi connectivity index (χ1n) is 3.53. The number of hydrogen-bond acceptors (Lipinski definition) is 6. The zero-order valence-electron chi connectivity index (χ0n) is 6.93. The van der Waals surface area contributed by atoms with Crippen molar-refractivity contribution in [3.05, 3.63) is 5.89 Å². The van der Waals surface area contributed by atoms with Crippen LogP contribution in [0.15, 0.2) is 9.64 Å². The number of hydrogen-bond donors (Lipinski definition) is 2. The molecule has 0 aliphatic carbocycles. The Hall–Kier alpha value is -1.08. The number of nitrogens with two attached hydrogens (primary N) is 1. The average molecular weight is 203 g/mol. The van der Waals surface area contributed by atoms with Gasteiger partial charge in [-0.3, -0.25) is 4.79 Å². The van der Waals surface area contributed by atoms with Crippen LogP contribution in [0.3, 0.4) is 0 Å². The van der Waals surface area contributed by atoms with Crippen LogP contribution in [0.5, 0.6) is 0 Å². The molecule has 0 fully saturated rings. The number of carboxylic acid groups (broad SMARTS) is 1. The van der Waals surface area contributed by atoms with Crippen LogP contribution < -0.4 is 5.73 Å². The normalized spacial score (nSPS) is 12.8. The molecule has 1 aromatic heterocycles. The van der Waals surface area contributed by atoms with Crippen molar-refractivity contribution in [2.75, 3.05) is 6.54 Å². The second-order valence-electron chi connectivity index (χ2n) is 2.27. The van der Waals surface area contributed by atoms with Gasteiger partial charge >= 0.3 is 5.97 Å². The number of aromatic nitrogens is 2. The first-order chi connectivity index (χ1) is 6.13. The van der Waals surface area contributed by atoms with Crippen molar-refractivity contribution >= 4 is 17.7 Å². The van der Waals surface area contributed by atoms with Crippen LogP contribution in [0.4, 0.5) is 0 Å². The van der Waals surface area contributed by atoms with Crippen LogP contribution in [0.25, 0.3) is 0 Å².